The molecule has 260 valence electrons. The molecule has 0 radical (unpaired) electrons. The molecule has 0 bridgehead atoms. The molecule has 0 fully saturated rings. The normalized spacial score (nSPS) is 14.4. The third-order valence-corrected chi connectivity index (χ3v) is 8.49. The van der Waals surface area contributed by atoms with Gasteiger partial charge < -0.3 is 9.80 Å². The zero-order valence-corrected chi connectivity index (χ0v) is 31.7. The van der Waals surface area contributed by atoms with Crippen LogP contribution in [0.25, 0.3) is 21.5 Å². The molecular formula is C41H52N4O4. The van der Waals surface area contributed by atoms with Gasteiger partial charge in [0.15, 0.2) is 0 Å². The molecule has 0 saturated heterocycles. The average molecular weight is 665 g/mol. The maximum Gasteiger partial charge on any atom is 0.261 e. The van der Waals surface area contributed by atoms with Gasteiger partial charge in [0.2, 0.25) is 0 Å². The van der Waals surface area contributed by atoms with Crippen molar-refractivity contribution in [1.29, 1.82) is 0 Å². The first-order chi connectivity index (χ1) is 22.5. The summed E-state index contributed by atoms with van der Waals surface area (Å²) in [6.07, 6.45) is 0. The van der Waals surface area contributed by atoms with E-state index in [1.165, 1.54) is 16.8 Å². The largest absolute Gasteiger partial charge is 0.377 e. The number of anilines is 2. The van der Waals surface area contributed by atoms with Crippen molar-refractivity contribution in [3.05, 3.63) is 82.9 Å². The fourth-order valence-electron chi connectivity index (χ4n) is 5.94. The molecule has 2 heterocycles. The maximum absolute atomic E-state index is 12.8. The van der Waals surface area contributed by atoms with Crippen LogP contribution < -0.4 is 9.80 Å². The monoisotopic (exact) mass is 664 g/mol. The second-order valence-corrected chi connectivity index (χ2v) is 16.6. The van der Waals surface area contributed by atoms with Crippen molar-refractivity contribution in [2.45, 2.75) is 80.3 Å². The minimum Gasteiger partial charge on any atom is -0.377 e. The van der Waals surface area contributed by atoms with Crippen molar-refractivity contribution in [2.75, 3.05) is 38.0 Å². The Labute approximate surface area is 291 Å². The SMILES string of the molecule is CC(C)(C)C.CN(C)c1ccc2c3c(cccc13)C(=O)N(C(C)(C)C)C2=O.CN1C(=O)c2cccc3c(N(C)C(C)(C)C)ccc(c23)C1=O. The van der Waals surface area contributed by atoms with Crippen molar-refractivity contribution < 1.29 is 19.2 Å². The molecule has 0 N–H and O–H groups in total. The van der Waals surface area contributed by atoms with Crippen LogP contribution in [0.2, 0.25) is 0 Å². The summed E-state index contributed by atoms with van der Waals surface area (Å²) in [5.41, 5.74) is 4.32. The number of amides is 4. The second kappa shape index (κ2) is 13.0. The Morgan fingerprint density at radius 2 is 0.878 bits per heavy atom. The van der Waals surface area contributed by atoms with Crippen molar-refractivity contribution in [3.8, 4) is 0 Å². The first-order valence-electron chi connectivity index (χ1n) is 16.7. The molecule has 0 atom stereocenters. The van der Waals surface area contributed by atoms with E-state index in [1.54, 1.807) is 12.1 Å². The van der Waals surface area contributed by atoms with Crippen LogP contribution in [0, 0.1) is 5.41 Å². The van der Waals surface area contributed by atoms with E-state index in [-0.39, 0.29) is 29.2 Å². The summed E-state index contributed by atoms with van der Waals surface area (Å²) >= 11 is 0. The number of carbonyl (C=O) groups excluding carboxylic acids is 4. The molecule has 2 aliphatic rings. The number of imide groups is 2. The minimum atomic E-state index is -0.547. The molecule has 49 heavy (non-hydrogen) atoms. The lowest BCUT2D eigenvalue weighted by molar-refractivity contribution is 0.0459. The van der Waals surface area contributed by atoms with Crippen LogP contribution in [-0.2, 0) is 0 Å². The Hall–Kier alpha value is -4.72. The van der Waals surface area contributed by atoms with E-state index in [0.717, 1.165) is 32.9 Å². The maximum atomic E-state index is 12.8. The van der Waals surface area contributed by atoms with E-state index in [2.05, 4.69) is 53.4 Å². The average Bonchev–Trinajstić information content (AvgIpc) is 2.98. The molecule has 0 aliphatic carbocycles. The Kier molecular flexibility index (Phi) is 9.81. The van der Waals surface area contributed by atoms with Gasteiger partial charge in [-0.05, 0) is 83.4 Å². The van der Waals surface area contributed by atoms with Gasteiger partial charge in [-0.15, -0.1) is 0 Å². The molecule has 8 nitrogen and oxygen atoms in total. The van der Waals surface area contributed by atoms with E-state index >= 15 is 0 Å². The summed E-state index contributed by atoms with van der Waals surface area (Å²) in [6, 6.07) is 18.9. The standard InChI is InChI=1S/2C18H20N2O2.C5H12/c1-18(2,3)20(5)14-10-9-13-15-11(14)7-6-8-12(15)16(21)19(4)17(13)22;1-18(2,3)20-16(21)12-8-6-7-11-14(19(4)5)10-9-13(15(11)12)17(20)22;1-5(2,3)4/h2*6-10H,1-5H3;1-4H3. The van der Waals surface area contributed by atoms with Gasteiger partial charge in [0.25, 0.3) is 23.6 Å². The van der Waals surface area contributed by atoms with E-state index in [0.29, 0.717) is 27.7 Å². The lowest BCUT2D eigenvalue weighted by atomic mass is 9.90. The highest BCUT2D eigenvalue weighted by molar-refractivity contribution is 6.28. The predicted octanol–water partition coefficient (Wildman–Crippen LogP) is 8.65. The highest BCUT2D eigenvalue weighted by Crippen LogP contribution is 2.38. The Morgan fingerprint density at radius 3 is 1.29 bits per heavy atom. The lowest BCUT2D eigenvalue weighted by Gasteiger charge is -2.37. The fraction of sp³-hybridized carbons (Fsp3) is 0.415. The third-order valence-electron chi connectivity index (χ3n) is 8.49. The summed E-state index contributed by atoms with van der Waals surface area (Å²) in [4.78, 5) is 57.1. The molecule has 4 aromatic rings. The van der Waals surface area contributed by atoms with Gasteiger partial charge in [0, 0.05) is 94.4 Å². The van der Waals surface area contributed by atoms with Crippen LogP contribution in [0.15, 0.2) is 60.7 Å². The van der Waals surface area contributed by atoms with Gasteiger partial charge in [-0.3, -0.25) is 29.0 Å². The van der Waals surface area contributed by atoms with Gasteiger partial charge in [0.1, 0.15) is 0 Å². The third kappa shape index (κ3) is 7.19. The van der Waals surface area contributed by atoms with Crippen molar-refractivity contribution in [3.63, 3.8) is 0 Å². The molecule has 4 amide bonds. The van der Waals surface area contributed by atoms with E-state index < -0.39 is 5.54 Å². The lowest BCUT2D eigenvalue weighted by Crippen LogP contribution is -2.51. The van der Waals surface area contributed by atoms with E-state index in [4.69, 9.17) is 0 Å². The Balaban J connectivity index is 0.000000194. The zero-order valence-electron chi connectivity index (χ0n) is 31.7. The molecule has 2 aliphatic heterocycles. The van der Waals surface area contributed by atoms with Crippen LogP contribution in [0.4, 0.5) is 11.4 Å². The van der Waals surface area contributed by atoms with Crippen molar-refractivity contribution in [1.82, 2.24) is 9.80 Å². The Bertz CT molecular complexity index is 1920. The summed E-state index contributed by atoms with van der Waals surface area (Å²) in [6.45, 7) is 20.8. The van der Waals surface area contributed by atoms with Crippen molar-refractivity contribution >= 4 is 56.5 Å². The quantitative estimate of drug-likeness (QED) is 0.200. The summed E-state index contributed by atoms with van der Waals surface area (Å²) in [5.74, 6) is -0.907. The van der Waals surface area contributed by atoms with Crippen molar-refractivity contribution in [2.24, 2.45) is 5.41 Å². The molecule has 8 heteroatoms. The van der Waals surface area contributed by atoms with Crippen LogP contribution in [-0.4, -0.2) is 72.7 Å². The summed E-state index contributed by atoms with van der Waals surface area (Å²) in [5, 5.41) is 3.42. The van der Waals surface area contributed by atoms with Gasteiger partial charge in [-0.25, -0.2) is 0 Å². The summed E-state index contributed by atoms with van der Waals surface area (Å²) in [7, 11) is 7.47. The van der Waals surface area contributed by atoms with E-state index in [9.17, 15) is 19.2 Å². The number of hydrogen-bond acceptors (Lipinski definition) is 6. The fourth-order valence-corrected chi connectivity index (χ4v) is 5.94. The first kappa shape index (κ1) is 37.1. The van der Waals surface area contributed by atoms with Gasteiger partial charge in [-0.2, -0.15) is 0 Å². The van der Waals surface area contributed by atoms with Crippen LogP contribution >= 0.6 is 0 Å². The molecule has 0 aromatic heterocycles. The molecule has 0 spiro atoms. The van der Waals surface area contributed by atoms with Crippen LogP contribution in [0.3, 0.4) is 0 Å². The second-order valence-electron chi connectivity index (χ2n) is 16.6. The minimum absolute atomic E-state index is 0.0562. The zero-order chi connectivity index (χ0) is 37.0. The number of nitrogens with zero attached hydrogens (tertiary/aromatic N) is 4. The topological polar surface area (TPSA) is 81.2 Å². The Morgan fingerprint density at radius 1 is 0.510 bits per heavy atom. The number of rotatable bonds is 2. The molecular weight excluding hydrogens is 612 g/mol. The van der Waals surface area contributed by atoms with Gasteiger partial charge in [0.05, 0.1) is 0 Å². The molecule has 4 aromatic carbocycles. The van der Waals surface area contributed by atoms with Crippen LogP contribution in [0.1, 0.15) is 111 Å². The van der Waals surface area contributed by atoms with Crippen LogP contribution in [0.5, 0.6) is 0 Å². The number of benzene rings is 4. The predicted molar refractivity (Wildman–Crippen MR) is 202 cm³/mol. The summed E-state index contributed by atoms with van der Waals surface area (Å²) < 4.78 is 0. The number of hydrogen-bond donors (Lipinski definition) is 0. The van der Waals surface area contributed by atoms with Gasteiger partial charge >= 0.3 is 0 Å². The smallest absolute Gasteiger partial charge is 0.261 e. The van der Waals surface area contributed by atoms with E-state index in [1.807, 2.05) is 95.3 Å². The highest BCUT2D eigenvalue weighted by atomic mass is 16.2. The first-order valence-corrected chi connectivity index (χ1v) is 16.7. The van der Waals surface area contributed by atoms with Gasteiger partial charge in [-0.1, -0.05) is 52.0 Å². The number of carbonyl (C=O) groups is 4. The molecule has 0 unspecified atom stereocenters. The highest BCUT2D eigenvalue weighted by Gasteiger charge is 2.39. The molecule has 6 rings (SSSR count). The molecule has 0 saturated carbocycles.